The largest absolute Gasteiger partial charge is 0.454 e. The Kier molecular flexibility index (Phi) is 10.1. The van der Waals surface area contributed by atoms with Crippen LogP contribution in [0.3, 0.4) is 0 Å². The first kappa shape index (κ1) is 32.0. The number of fused-ring (bicyclic) bond motifs is 3. The van der Waals surface area contributed by atoms with E-state index >= 15 is 0 Å². The fourth-order valence-electron chi connectivity index (χ4n) is 5.55. The van der Waals surface area contributed by atoms with Crippen LogP contribution in [0.2, 0.25) is 0 Å². The molecule has 4 amide bonds. The van der Waals surface area contributed by atoms with Crippen LogP contribution < -0.4 is 21.3 Å². The van der Waals surface area contributed by atoms with E-state index in [1.165, 1.54) is 4.90 Å². The second kappa shape index (κ2) is 15.1. The Hall–Kier alpha value is -5.92. The van der Waals surface area contributed by atoms with Crippen molar-refractivity contribution in [1.82, 2.24) is 40.4 Å². The van der Waals surface area contributed by atoms with E-state index < -0.39 is 17.9 Å². The van der Waals surface area contributed by atoms with Crippen molar-refractivity contribution >= 4 is 40.3 Å². The predicted octanol–water partition coefficient (Wildman–Crippen LogP) is 2.32. The Bertz CT molecular complexity index is 1880. The van der Waals surface area contributed by atoms with E-state index in [-0.39, 0.29) is 49.3 Å². The predicted molar refractivity (Wildman–Crippen MR) is 177 cm³/mol. The zero-order chi connectivity index (χ0) is 33.3. The maximum absolute atomic E-state index is 13.5. The Morgan fingerprint density at radius 1 is 0.938 bits per heavy atom. The minimum absolute atomic E-state index is 0.132. The van der Waals surface area contributed by atoms with Crippen molar-refractivity contribution in [2.24, 2.45) is 0 Å². The number of H-pyrrole nitrogens is 1. The average Bonchev–Trinajstić information content (AvgIpc) is 3.88. The van der Waals surface area contributed by atoms with Crippen molar-refractivity contribution < 1.29 is 23.6 Å². The first-order chi connectivity index (χ1) is 23.4. The number of nitrogens with zero attached hydrogens (tertiary/aromatic N) is 4. The molecule has 1 aromatic carbocycles. The Morgan fingerprint density at radius 3 is 2.69 bits per heavy atom. The van der Waals surface area contributed by atoms with Gasteiger partial charge in [-0.3, -0.25) is 19.2 Å². The molecular weight excluding hydrogens is 614 g/mol. The molecule has 1 aliphatic rings. The number of aromatic amines is 1. The number of anilines is 1. The van der Waals surface area contributed by atoms with Crippen LogP contribution in [-0.4, -0.2) is 86.8 Å². The van der Waals surface area contributed by atoms with E-state index in [0.29, 0.717) is 44.1 Å². The molecule has 2 bridgehead atoms. The molecule has 0 fully saturated rings. The molecule has 0 spiro atoms. The lowest BCUT2D eigenvalue weighted by Gasteiger charge is -2.22. The molecule has 0 radical (unpaired) electrons. The Balaban J connectivity index is 1.17. The van der Waals surface area contributed by atoms with Crippen molar-refractivity contribution in [3.63, 3.8) is 0 Å². The van der Waals surface area contributed by atoms with Gasteiger partial charge in [-0.1, -0.05) is 24.3 Å². The molecule has 5 aromatic rings. The van der Waals surface area contributed by atoms with Crippen LogP contribution in [0.5, 0.6) is 0 Å². The van der Waals surface area contributed by atoms with Gasteiger partial charge in [0.2, 0.25) is 11.8 Å². The zero-order valence-corrected chi connectivity index (χ0v) is 26.3. The van der Waals surface area contributed by atoms with E-state index in [9.17, 15) is 19.2 Å². The molecule has 0 saturated heterocycles. The molecule has 14 heteroatoms. The van der Waals surface area contributed by atoms with Crippen molar-refractivity contribution in [2.45, 2.75) is 31.8 Å². The molecule has 5 heterocycles. The molecule has 0 unspecified atom stereocenters. The third-order valence-electron chi connectivity index (χ3n) is 8.00. The lowest BCUT2D eigenvalue weighted by molar-refractivity contribution is -0.123. The number of aromatic nitrogens is 4. The highest BCUT2D eigenvalue weighted by Crippen LogP contribution is 2.20. The monoisotopic (exact) mass is 651 g/mol. The lowest BCUT2D eigenvalue weighted by atomic mass is 10.0. The summed E-state index contributed by atoms with van der Waals surface area (Å²) < 4.78 is 7.65. The normalized spacial score (nSPS) is 17.0. The summed E-state index contributed by atoms with van der Waals surface area (Å²) in [6.07, 6.45) is 8.27. The second-order valence-corrected chi connectivity index (χ2v) is 11.5. The number of carbonyl (C=O) groups is 4. The smallest absolute Gasteiger partial charge is 0.290 e. The number of carbonyl (C=O) groups excluding carboxylic acids is 4. The number of hydrogen-bond acceptors (Lipinski definition) is 8. The van der Waals surface area contributed by atoms with Crippen LogP contribution in [0.1, 0.15) is 45.2 Å². The fourth-order valence-corrected chi connectivity index (χ4v) is 5.55. The number of hydrogen-bond donors (Lipinski definition) is 5. The maximum atomic E-state index is 13.5. The number of amides is 4. The molecule has 6 rings (SSSR count). The van der Waals surface area contributed by atoms with Gasteiger partial charge < -0.3 is 40.1 Å². The summed E-state index contributed by atoms with van der Waals surface area (Å²) in [4.78, 5) is 66.3. The number of pyridine rings is 1. The molecule has 4 aromatic heterocycles. The molecule has 48 heavy (non-hydrogen) atoms. The van der Waals surface area contributed by atoms with Gasteiger partial charge in [-0.05, 0) is 48.7 Å². The Labute approximate surface area is 276 Å². The number of benzene rings is 1. The van der Waals surface area contributed by atoms with Crippen LogP contribution in [-0.2, 0) is 22.6 Å². The molecule has 1 aliphatic heterocycles. The third-order valence-corrected chi connectivity index (χ3v) is 8.00. The standard InChI is InChI=1S/C34H37N9O5/c44-31-21-43(34(47)29-11-10-24(48-29)20-42-17-15-35-22-42)16-4-3-12-38-32(45)28(18-23-19-39-26-7-2-1-6-25(23)26)41-33(46)27-8-5-9-30(40-27)36-13-14-37-31/h1-2,5-11,15,17,19,22,28,39H,3-4,12-14,16,18,20-21H2,(H,36,40)(H,37,44)(H,38,45)(H,41,46)/t28-/m0/s1. The van der Waals surface area contributed by atoms with E-state index in [4.69, 9.17) is 4.42 Å². The first-order valence-electron chi connectivity index (χ1n) is 15.9. The zero-order valence-electron chi connectivity index (χ0n) is 26.3. The van der Waals surface area contributed by atoms with Gasteiger partial charge in [0.1, 0.15) is 23.3 Å². The molecule has 248 valence electrons. The maximum Gasteiger partial charge on any atom is 0.290 e. The summed E-state index contributed by atoms with van der Waals surface area (Å²) in [6.45, 7) is 1.42. The van der Waals surface area contributed by atoms with Crippen molar-refractivity contribution in [1.29, 1.82) is 0 Å². The summed E-state index contributed by atoms with van der Waals surface area (Å²) in [6, 6.07) is 15.2. The van der Waals surface area contributed by atoms with E-state index in [2.05, 4.69) is 36.2 Å². The quantitative estimate of drug-likeness (QED) is 0.192. The first-order valence-corrected chi connectivity index (χ1v) is 15.9. The van der Waals surface area contributed by atoms with Gasteiger partial charge in [-0.2, -0.15) is 0 Å². The fraction of sp³-hybridized carbons (Fsp3) is 0.294. The van der Waals surface area contributed by atoms with Gasteiger partial charge in [0.05, 0.1) is 19.4 Å². The van der Waals surface area contributed by atoms with E-state index in [1.807, 2.05) is 35.0 Å². The van der Waals surface area contributed by atoms with Gasteiger partial charge >= 0.3 is 0 Å². The van der Waals surface area contributed by atoms with E-state index in [1.54, 1.807) is 49.1 Å². The van der Waals surface area contributed by atoms with Gasteiger partial charge in [0.25, 0.3) is 11.8 Å². The number of rotatable bonds is 5. The van der Waals surface area contributed by atoms with Gasteiger partial charge in [-0.15, -0.1) is 0 Å². The summed E-state index contributed by atoms with van der Waals surface area (Å²) in [7, 11) is 0. The highest BCUT2D eigenvalue weighted by Gasteiger charge is 2.25. The minimum Gasteiger partial charge on any atom is -0.454 e. The van der Waals surface area contributed by atoms with Gasteiger partial charge in [0, 0.05) is 62.1 Å². The molecule has 5 N–H and O–H groups in total. The molecular formula is C34H37N9O5. The molecule has 14 nitrogen and oxygen atoms in total. The van der Waals surface area contributed by atoms with Gasteiger partial charge in [-0.25, -0.2) is 9.97 Å². The van der Waals surface area contributed by atoms with Crippen LogP contribution in [0.25, 0.3) is 10.9 Å². The van der Waals surface area contributed by atoms with E-state index in [0.717, 1.165) is 16.5 Å². The van der Waals surface area contributed by atoms with Crippen LogP contribution in [0.15, 0.2) is 83.9 Å². The topological polar surface area (TPSA) is 179 Å². The molecule has 0 saturated carbocycles. The highest BCUT2D eigenvalue weighted by molar-refractivity contribution is 5.97. The highest BCUT2D eigenvalue weighted by atomic mass is 16.4. The number of imidazole rings is 1. The van der Waals surface area contributed by atoms with Crippen molar-refractivity contribution in [2.75, 3.05) is 38.0 Å². The third kappa shape index (κ3) is 8.07. The molecule has 0 aliphatic carbocycles. The van der Waals surface area contributed by atoms with Crippen LogP contribution in [0.4, 0.5) is 5.82 Å². The summed E-state index contributed by atoms with van der Waals surface area (Å²) in [5.41, 5.74) is 1.98. The summed E-state index contributed by atoms with van der Waals surface area (Å²) >= 11 is 0. The molecule has 1 atom stereocenters. The summed E-state index contributed by atoms with van der Waals surface area (Å²) in [5, 5.41) is 12.7. The SMILES string of the molecule is O=C1CN(C(=O)c2ccc(Cn3ccnc3)o2)CCCCNC(=O)[C@H](Cc2c[nH]c3ccccc23)NC(=O)c2cccc(n2)NCCN1. The Morgan fingerprint density at radius 2 is 1.81 bits per heavy atom. The second-order valence-electron chi connectivity index (χ2n) is 11.5. The van der Waals surface area contributed by atoms with Crippen molar-refractivity contribution in [3.05, 3.63) is 102 Å². The van der Waals surface area contributed by atoms with Gasteiger partial charge in [0.15, 0.2) is 5.76 Å². The minimum atomic E-state index is -0.868. The average molecular weight is 652 g/mol. The lowest BCUT2D eigenvalue weighted by Crippen LogP contribution is -2.48. The van der Waals surface area contributed by atoms with Crippen LogP contribution >= 0.6 is 0 Å². The van der Waals surface area contributed by atoms with Crippen molar-refractivity contribution in [3.8, 4) is 0 Å². The van der Waals surface area contributed by atoms with Crippen LogP contribution in [0, 0.1) is 0 Å². The summed E-state index contributed by atoms with van der Waals surface area (Å²) in [5.74, 6) is -0.403. The number of para-hydroxylation sites is 1. The number of nitrogens with one attached hydrogen (secondary N) is 5. The number of furan rings is 1.